The van der Waals surface area contributed by atoms with E-state index in [1.165, 1.54) is 23.1 Å². The van der Waals surface area contributed by atoms with Crippen LogP contribution in [0.1, 0.15) is 48.2 Å². The summed E-state index contributed by atoms with van der Waals surface area (Å²) in [5, 5.41) is 0.459. The third kappa shape index (κ3) is 4.17. The SMILES string of the molecule is C=CCOC(=O)c1sc(N2C(=O)c3oc4ccc(Cl)cc4c(=O)c3C23C(=O)N(Cc2ccc(C)cc2)c2ccccc23)nc1C. The third-order valence-electron chi connectivity index (χ3n) is 8.04. The number of fused-ring (bicyclic) bond motifs is 5. The first-order chi connectivity index (χ1) is 21.7. The van der Waals surface area contributed by atoms with E-state index in [1.807, 2.05) is 31.2 Å². The Hall–Kier alpha value is -5.06. The van der Waals surface area contributed by atoms with Crippen molar-refractivity contribution < 1.29 is 23.5 Å². The van der Waals surface area contributed by atoms with E-state index in [0.717, 1.165) is 22.5 Å². The largest absolute Gasteiger partial charge is 0.457 e. The number of hydrogen-bond donors (Lipinski definition) is 0. The fourth-order valence-corrected chi connectivity index (χ4v) is 7.22. The maximum absolute atomic E-state index is 15.1. The average Bonchev–Trinajstić information content (AvgIpc) is 3.62. The van der Waals surface area contributed by atoms with Crippen molar-refractivity contribution in [2.45, 2.75) is 25.9 Å². The summed E-state index contributed by atoms with van der Waals surface area (Å²) in [6.07, 6.45) is 1.44. The van der Waals surface area contributed by atoms with Gasteiger partial charge in [0, 0.05) is 10.6 Å². The first-order valence-electron chi connectivity index (χ1n) is 14.0. The number of amides is 2. The van der Waals surface area contributed by atoms with Gasteiger partial charge in [0.2, 0.25) is 5.76 Å². The maximum Gasteiger partial charge on any atom is 0.350 e. The van der Waals surface area contributed by atoms with Crippen LogP contribution in [0.4, 0.5) is 10.8 Å². The molecule has 0 saturated carbocycles. The predicted molar refractivity (Wildman–Crippen MR) is 171 cm³/mol. The second-order valence-corrected chi connectivity index (χ2v) is 12.2. The highest BCUT2D eigenvalue weighted by molar-refractivity contribution is 7.17. The molecule has 9 nitrogen and oxygen atoms in total. The number of para-hydroxylation sites is 1. The summed E-state index contributed by atoms with van der Waals surface area (Å²) in [5.41, 5.74) is 0.629. The Morgan fingerprint density at radius 3 is 2.60 bits per heavy atom. The molecule has 1 atom stereocenters. The van der Waals surface area contributed by atoms with Crippen LogP contribution in [0.2, 0.25) is 5.02 Å². The number of carbonyl (C=O) groups excluding carboxylic acids is 3. The molecule has 0 saturated heterocycles. The number of rotatable bonds is 6. The number of carbonyl (C=O) groups is 3. The standard InChI is InChI=1S/C34H24ClN3O6S/c1-4-15-43-31(41)29-19(3)36-33(45-29)38-30(40)28-26(27(39)22-16-21(35)13-14-25(22)44-28)34(38)23-7-5-6-8-24(23)37(32(34)42)17-20-11-9-18(2)10-12-20/h4-14,16H,1,15,17H2,2-3H3. The molecular formula is C34H24ClN3O6S. The van der Waals surface area contributed by atoms with Gasteiger partial charge in [0.25, 0.3) is 11.8 Å². The van der Waals surface area contributed by atoms with Crippen LogP contribution >= 0.6 is 22.9 Å². The maximum atomic E-state index is 15.1. The fourth-order valence-electron chi connectivity index (χ4n) is 6.04. The lowest BCUT2D eigenvalue weighted by atomic mass is 9.84. The smallest absolute Gasteiger partial charge is 0.350 e. The van der Waals surface area contributed by atoms with E-state index in [-0.39, 0.29) is 45.5 Å². The van der Waals surface area contributed by atoms with E-state index < -0.39 is 28.8 Å². The molecule has 11 heteroatoms. The van der Waals surface area contributed by atoms with Gasteiger partial charge in [-0.2, -0.15) is 0 Å². The van der Waals surface area contributed by atoms with Gasteiger partial charge in [-0.1, -0.05) is 83.6 Å². The van der Waals surface area contributed by atoms with Crippen molar-refractivity contribution in [3.05, 3.63) is 133 Å². The van der Waals surface area contributed by atoms with Crippen molar-refractivity contribution in [2.24, 2.45) is 0 Å². The summed E-state index contributed by atoms with van der Waals surface area (Å²) in [7, 11) is 0. The minimum absolute atomic E-state index is 0.0169. The van der Waals surface area contributed by atoms with E-state index in [1.54, 1.807) is 42.2 Å². The number of halogens is 1. The molecule has 3 aromatic carbocycles. The summed E-state index contributed by atoms with van der Waals surface area (Å²) < 4.78 is 11.4. The van der Waals surface area contributed by atoms with Gasteiger partial charge in [0.1, 0.15) is 17.1 Å². The Labute approximate surface area is 265 Å². The van der Waals surface area contributed by atoms with Crippen LogP contribution in [0.3, 0.4) is 0 Å². The van der Waals surface area contributed by atoms with Gasteiger partial charge in [0.05, 0.1) is 28.9 Å². The summed E-state index contributed by atoms with van der Waals surface area (Å²) in [4.78, 5) is 64.4. The average molecular weight is 638 g/mol. The molecule has 5 aromatic rings. The van der Waals surface area contributed by atoms with Gasteiger partial charge in [-0.3, -0.25) is 19.3 Å². The lowest BCUT2D eigenvalue weighted by molar-refractivity contribution is -0.121. The number of benzene rings is 3. The molecule has 1 spiro atoms. The van der Waals surface area contributed by atoms with E-state index in [9.17, 15) is 14.4 Å². The number of esters is 1. The van der Waals surface area contributed by atoms with E-state index in [0.29, 0.717) is 22.0 Å². The van der Waals surface area contributed by atoms with E-state index in [2.05, 4.69) is 11.6 Å². The second kappa shape index (κ2) is 10.5. The lowest BCUT2D eigenvalue weighted by Gasteiger charge is -2.32. The predicted octanol–water partition coefficient (Wildman–Crippen LogP) is 6.31. The zero-order valence-electron chi connectivity index (χ0n) is 24.1. The Bertz CT molecular complexity index is 2150. The highest BCUT2D eigenvalue weighted by Gasteiger charge is 2.66. The Morgan fingerprint density at radius 1 is 1.09 bits per heavy atom. The van der Waals surface area contributed by atoms with Gasteiger partial charge in [-0.25, -0.2) is 9.78 Å². The number of aromatic nitrogens is 1. The number of nitrogens with zero attached hydrogens (tertiary/aromatic N) is 3. The lowest BCUT2D eigenvalue weighted by Crippen LogP contribution is -2.53. The number of thiazole rings is 1. The quantitative estimate of drug-likeness (QED) is 0.158. The molecule has 0 fully saturated rings. The molecule has 2 amide bonds. The van der Waals surface area contributed by atoms with Gasteiger partial charge < -0.3 is 14.1 Å². The first-order valence-corrected chi connectivity index (χ1v) is 15.2. The fraction of sp³-hybridized carbons (Fsp3) is 0.147. The van der Waals surface area contributed by atoms with Crippen LogP contribution in [0, 0.1) is 13.8 Å². The van der Waals surface area contributed by atoms with Crippen molar-refractivity contribution in [1.82, 2.24) is 4.98 Å². The molecule has 224 valence electrons. The zero-order valence-corrected chi connectivity index (χ0v) is 25.7. The number of ether oxygens (including phenoxy) is 1. The Morgan fingerprint density at radius 2 is 1.84 bits per heavy atom. The molecule has 2 aliphatic heterocycles. The van der Waals surface area contributed by atoms with E-state index in [4.69, 9.17) is 20.8 Å². The van der Waals surface area contributed by atoms with Gasteiger partial charge in [0.15, 0.2) is 16.1 Å². The molecule has 0 radical (unpaired) electrons. The summed E-state index contributed by atoms with van der Waals surface area (Å²) in [5.74, 6) is -2.20. The summed E-state index contributed by atoms with van der Waals surface area (Å²) in [6, 6.07) is 19.3. The van der Waals surface area contributed by atoms with E-state index >= 15 is 4.79 Å². The highest BCUT2D eigenvalue weighted by atomic mass is 35.5. The van der Waals surface area contributed by atoms with Crippen molar-refractivity contribution in [3.8, 4) is 0 Å². The molecule has 4 heterocycles. The molecule has 7 rings (SSSR count). The highest BCUT2D eigenvalue weighted by Crippen LogP contribution is 2.55. The van der Waals surface area contributed by atoms with Crippen LogP contribution in [0.5, 0.6) is 0 Å². The molecule has 45 heavy (non-hydrogen) atoms. The molecule has 0 N–H and O–H groups in total. The number of anilines is 2. The summed E-state index contributed by atoms with van der Waals surface area (Å²) in [6.45, 7) is 7.32. The second-order valence-electron chi connectivity index (χ2n) is 10.8. The minimum atomic E-state index is -1.97. The van der Waals surface area contributed by atoms with Crippen LogP contribution in [-0.4, -0.2) is 29.4 Å². The molecule has 2 aromatic heterocycles. The van der Waals surface area contributed by atoms with Gasteiger partial charge >= 0.3 is 5.97 Å². The molecule has 0 aliphatic carbocycles. The topological polar surface area (TPSA) is 110 Å². The molecule has 1 unspecified atom stereocenters. The van der Waals surface area contributed by atoms with Crippen LogP contribution in [-0.2, 0) is 21.6 Å². The van der Waals surface area contributed by atoms with Gasteiger partial charge in [-0.15, -0.1) is 0 Å². The van der Waals surface area contributed by atoms with Crippen LogP contribution < -0.4 is 15.2 Å². The summed E-state index contributed by atoms with van der Waals surface area (Å²) >= 11 is 7.17. The van der Waals surface area contributed by atoms with Crippen LogP contribution in [0.25, 0.3) is 11.0 Å². The zero-order chi connectivity index (χ0) is 31.6. The van der Waals surface area contributed by atoms with Crippen LogP contribution in [0.15, 0.2) is 88.6 Å². The number of hydrogen-bond acceptors (Lipinski definition) is 8. The molecule has 0 bridgehead atoms. The number of aryl methyl sites for hydroxylation is 2. The van der Waals surface area contributed by atoms with Crippen molar-refractivity contribution in [1.29, 1.82) is 0 Å². The van der Waals surface area contributed by atoms with Crippen molar-refractivity contribution in [2.75, 3.05) is 16.4 Å². The third-order valence-corrected chi connectivity index (χ3v) is 9.40. The van der Waals surface area contributed by atoms with Gasteiger partial charge in [-0.05, 0) is 43.7 Å². The van der Waals surface area contributed by atoms with Crippen molar-refractivity contribution in [3.63, 3.8) is 0 Å². The minimum Gasteiger partial charge on any atom is -0.457 e. The Kier molecular flexibility index (Phi) is 6.72. The molecule has 2 aliphatic rings. The van der Waals surface area contributed by atoms with Crippen molar-refractivity contribution >= 4 is 62.5 Å². The Balaban J connectivity index is 1.51. The first kappa shape index (κ1) is 28.7. The monoisotopic (exact) mass is 637 g/mol. The molecular weight excluding hydrogens is 614 g/mol. The normalized spacial score (nSPS) is 16.9.